The summed E-state index contributed by atoms with van der Waals surface area (Å²) < 4.78 is 0. The van der Waals surface area contributed by atoms with Crippen LogP contribution in [0.4, 0.5) is 0 Å². The van der Waals surface area contributed by atoms with Gasteiger partial charge in [0.2, 0.25) is 0 Å². The van der Waals surface area contributed by atoms with Crippen molar-refractivity contribution in [2.75, 3.05) is 0 Å². The fourth-order valence-corrected chi connectivity index (χ4v) is 1.46. The highest BCUT2D eigenvalue weighted by Crippen LogP contribution is 2.11. The largest absolute Gasteiger partial charge is 0.300 e. The maximum Gasteiger partial charge on any atom is 0.0640 e. The topological polar surface area (TPSA) is 23.9 Å². The first-order chi connectivity index (χ1) is 6.79. The fraction of sp³-hybridized carbons (Fsp3) is 0.308. The van der Waals surface area contributed by atoms with Crippen LogP contribution < -0.4 is 0 Å². The lowest BCUT2D eigenvalue weighted by atomic mass is 10.00. The molecule has 1 aromatic carbocycles. The Kier molecular flexibility index (Phi) is 4.11. The molecule has 1 nitrogen and oxygen atoms in total. The van der Waals surface area contributed by atoms with Crippen molar-refractivity contribution >= 4 is 5.71 Å². The highest BCUT2D eigenvalue weighted by atomic mass is 14.4. The Labute approximate surface area is 86.0 Å². The van der Waals surface area contributed by atoms with Crippen molar-refractivity contribution in [2.45, 2.75) is 26.7 Å². The van der Waals surface area contributed by atoms with Crippen LogP contribution in [0.15, 0.2) is 42.0 Å². The van der Waals surface area contributed by atoms with E-state index in [-0.39, 0.29) is 0 Å². The summed E-state index contributed by atoms with van der Waals surface area (Å²) in [7, 11) is 0. The normalized spacial score (nSPS) is 11.4. The zero-order chi connectivity index (χ0) is 10.4. The van der Waals surface area contributed by atoms with Gasteiger partial charge in [-0.3, -0.25) is 0 Å². The predicted molar refractivity (Wildman–Crippen MR) is 61.9 cm³/mol. The van der Waals surface area contributed by atoms with Gasteiger partial charge in [0.1, 0.15) is 0 Å². The molecule has 1 heteroatoms. The quantitative estimate of drug-likeness (QED) is 0.693. The molecule has 0 amide bonds. The van der Waals surface area contributed by atoms with Crippen molar-refractivity contribution in [2.24, 2.45) is 0 Å². The van der Waals surface area contributed by atoms with E-state index in [0.717, 1.165) is 24.0 Å². The van der Waals surface area contributed by atoms with E-state index < -0.39 is 0 Å². The van der Waals surface area contributed by atoms with E-state index in [1.54, 1.807) is 0 Å². The zero-order valence-corrected chi connectivity index (χ0v) is 8.88. The maximum absolute atomic E-state index is 8.02. The summed E-state index contributed by atoms with van der Waals surface area (Å²) in [4.78, 5) is 0. The Morgan fingerprint density at radius 3 is 2.36 bits per heavy atom. The molecule has 0 aliphatic rings. The highest BCUT2D eigenvalue weighted by molar-refractivity contribution is 6.10. The minimum atomic E-state index is 0.662. The summed E-state index contributed by atoms with van der Waals surface area (Å²) in [6, 6.07) is 9.90. The zero-order valence-electron chi connectivity index (χ0n) is 8.88. The van der Waals surface area contributed by atoms with Gasteiger partial charge in [-0.2, -0.15) is 0 Å². The molecule has 0 spiro atoms. The van der Waals surface area contributed by atoms with Crippen molar-refractivity contribution in [3.05, 3.63) is 47.5 Å². The second-order valence-corrected chi connectivity index (χ2v) is 3.23. The first-order valence-corrected chi connectivity index (χ1v) is 5.13. The third-order valence-electron chi connectivity index (χ3n) is 2.22. The lowest BCUT2D eigenvalue weighted by Gasteiger charge is -2.06. The Morgan fingerprint density at radius 1 is 1.21 bits per heavy atom. The van der Waals surface area contributed by atoms with Crippen molar-refractivity contribution in [1.29, 1.82) is 5.41 Å². The molecule has 0 aliphatic heterocycles. The average Bonchev–Trinajstić information content (AvgIpc) is 2.26. The van der Waals surface area contributed by atoms with E-state index in [1.165, 1.54) is 0 Å². The Balaban J connectivity index is 2.90. The van der Waals surface area contributed by atoms with Gasteiger partial charge in [-0.25, -0.2) is 0 Å². The number of rotatable bonds is 4. The molecular weight excluding hydrogens is 170 g/mol. The van der Waals surface area contributed by atoms with Gasteiger partial charge < -0.3 is 5.41 Å². The molecule has 0 fully saturated rings. The van der Waals surface area contributed by atoms with Crippen LogP contribution in [0.2, 0.25) is 0 Å². The van der Waals surface area contributed by atoms with Crippen molar-refractivity contribution in [1.82, 2.24) is 0 Å². The summed E-state index contributed by atoms with van der Waals surface area (Å²) in [5, 5.41) is 8.02. The number of benzene rings is 1. The Morgan fingerprint density at radius 2 is 1.86 bits per heavy atom. The van der Waals surface area contributed by atoms with Gasteiger partial charge in [0.25, 0.3) is 0 Å². The molecule has 1 N–H and O–H groups in total. The number of nitrogens with one attached hydrogen (secondary N) is 1. The average molecular weight is 187 g/mol. The number of allylic oxidation sites excluding steroid dienone is 2. The monoisotopic (exact) mass is 187 g/mol. The Hall–Kier alpha value is -1.37. The van der Waals surface area contributed by atoms with Crippen LogP contribution in [0.5, 0.6) is 0 Å². The molecule has 0 radical (unpaired) electrons. The third kappa shape index (κ3) is 2.56. The molecule has 0 unspecified atom stereocenters. The molecule has 0 aromatic heterocycles. The molecule has 74 valence electrons. The van der Waals surface area contributed by atoms with Crippen LogP contribution in [-0.4, -0.2) is 5.71 Å². The van der Waals surface area contributed by atoms with Gasteiger partial charge in [-0.15, -0.1) is 0 Å². The van der Waals surface area contributed by atoms with Crippen LogP contribution in [0, 0.1) is 5.41 Å². The molecule has 0 heterocycles. The lowest BCUT2D eigenvalue weighted by molar-refractivity contribution is 1.11. The molecule has 1 aromatic rings. The van der Waals surface area contributed by atoms with Gasteiger partial charge in [0.05, 0.1) is 5.71 Å². The van der Waals surface area contributed by atoms with E-state index in [0.29, 0.717) is 5.71 Å². The van der Waals surface area contributed by atoms with Crippen LogP contribution >= 0.6 is 0 Å². The summed E-state index contributed by atoms with van der Waals surface area (Å²) in [5.41, 5.74) is 2.81. The SMILES string of the molecule is CCC=C(CC)C(=N)c1ccccc1. The minimum Gasteiger partial charge on any atom is -0.300 e. The van der Waals surface area contributed by atoms with Crippen molar-refractivity contribution < 1.29 is 0 Å². The standard InChI is InChI=1S/C13H17N/c1-3-8-11(4-2)13(14)12-9-6-5-7-10-12/h5-10,14H,3-4H2,1-2H3. The number of hydrogen-bond acceptors (Lipinski definition) is 1. The molecule has 1 rings (SSSR count). The molecule has 14 heavy (non-hydrogen) atoms. The fourth-order valence-electron chi connectivity index (χ4n) is 1.46. The molecule has 0 saturated heterocycles. The molecule has 0 bridgehead atoms. The second kappa shape index (κ2) is 5.38. The van der Waals surface area contributed by atoms with Gasteiger partial charge in [0.15, 0.2) is 0 Å². The number of hydrogen-bond donors (Lipinski definition) is 1. The van der Waals surface area contributed by atoms with E-state index in [4.69, 9.17) is 5.41 Å². The van der Waals surface area contributed by atoms with E-state index in [9.17, 15) is 0 Å². The predicted octanol–water partition coefficient (Wildman–Crippen LogP) is 3.80. The summed E-state index contributed by atoms with van der Waals surface area (Å²) in [6.45, 7) is 4.20. The molecular formula is C13H17N. The van der Waals surface area contributed by atoms with Gasteiger partial charge >= 0.3 is 0 Å². The van der Waals surface area contributed by atoms with Gasteiger partial charge in [-0.05, 0) is 24.0 Å². The van der Waals surface area contributed by atoms with E-state index in [1.807, 2.05) is 30.3 Å². The van der Waals surface area contributed by atoms with Crippen molar-refractivity contribution in [3.8, 4) is 0 Å². The summed E-state index contributed by atoms with van der Waals surface area (Å²) in [5.74, 6) is 0. The first kappa shape index (κ1) is 10.7. The maximum atomic E-state index is 8.02. The van der Waals surface area contributed by atoms with Crippen LogP contribution in [-0.2, 0) is 0 Å². The third-order valence-corrected chi connectivity index (χ3v) is 2.22. The Bertz CT molecular complexity index is 322. The van der Waals surface area contributed by atoms with Gasteiger partial charge in [-0.1, -0.05) is 50.3 Å². The summed E-state index contributed by atoms with van der Waals surface area (Å²) >= 11 is 0. The van der Waals surface area contributed by atoms with Gasteiger partial charge in [0, 0.05) is 0 Å². The summed E-state index contributed by atoms with van der Waals surface area (Å²) in [6.07, 6.45) is 4.06. The first-order valence-electron chi connectivity index (χ1n) is 5.13. The van der Waals surface area contributed by atoms with E-state index >= 15 is 0 Å². The van der Waals surface area contributed by atoms with Crippen LogP contribution in [0.25, 0.3) is 0 Å². The molecule has 0 atom stereocenters. The molecule has 0 aliphatic carbocycles. The van der Waals surface area contributed by atoms with Crippen molar-refractivity contribution in [3.63, 3.8) is 0 Å². The van der Waals surface area contributed by atoms with E-state index in [2.05, 4.69) is 19.9 Å². The lowest BCUT2D eigenvalue weighted by Crippen LogP contribution is -2.02. The molecule has 0 saturated carbocycles. The van der Waals surface area contributed by atoms with Crippen LogP contribution in [0.1, 0.15) is 32.3 Å². The smallest absolute Gasteiger partial charge is 0.0640 e. The second-order valence-electron chi connectivity index (χ2n) is 3.23. The van der Waals surface area contributed by atoms with Crippen LogP contribution in [0.3, 0.4) is 0 Å². The minimum absolute atomic E-state index is 0.662. The highest BCUT2D eigenvalue weighted by Gasteiger charge is 2.04.